The van der Waals surface area contributed by atoms with E-state index in [1.807, 2.05) is 0 Å². The number of carboxylic acids is 1. The average molecular weight is 292 g/mol. The van der Waals surface area contributed by atoms with E-state index >= 15 is 0 Å². The third kappa shape index (κ3) is 4.19. The van der Waals surface area contributed by atoms with Crippen LogP contribution < -0.4 is 10.1 Å². The molecule has 1 aliphatic rings. The highest BCUT2D eigenvalue weighted by Crippen LogP contribution is 2.16. The van der Waals surface area contributed by atoms with Gasteiger partial charge in [0, 0.05) is 18.7 Å². The van der Waals surface area contributed by atoms with Crippen molar-refractivity contribution in [2.75, 3.05) is 26.9 Å². The third-order valence-corrected chi connectivity index (χ3v) is 3.73. The fourth-order valence-corrected chi connectivity index (χ4v) is 2.39. The molecule has 2 rings (SSSR count). The topological polar surface area (TPSA) is 78.9 Å². The van der Waals surface area contributed by atoms with Gasteiger partial charge >= 0.3 is 5.97 Å². The highest BCUT2D eigenvalue weighted by molar-refractivity contribution is 5.94. The molecular weight excluding hydrogens is 272 g/mol. The molecule has 1 amide bonds. The minimum absolute atomic E-state index is 0.158. The van der Waals surface area contributed by atoms with Crippen LogP contribution in [0.4, 0.5) is 0 Å². The minimum atomic E-state index is -0.727. The monoisotopic (exact) mass is 292 g/mol. The summed E-state index contributed by atoms with van der Waals surface area (Å²) in [6.45, 7) is 1.81. The van der Waals surface area contributed by atoms with E-state index in [4.69, 9.17) is 9.84 Å². The zero-order valence-corrected chi connectivity index (χ0v) is 12.0. The van der Waals surface area contributed by atoms with Crippen LogP contribution in [0, 0.1) is 5.92 Å². The Morgan fingerprint density at radius 1 is 1.38 bits per heavy atom. The second kappa shape index (κ2) is 7.08. The second-order valence-electron chi connectivity index (χ2n) is 5.13. The summed E-state index contributed by atoms with van der Waals surface area (Å²) in [6, 6.07) is 6.97. The summed E-state index contributed by atoms with van der Waals surface area (Å²) in [7, 11) is 1.56. The van der Waals surface area contributed by atoms with Crippen molar-refractivity contribution < 1.29 is 19.4 Å². The Kier molecular flexibility index (Phi) is 5.16. The first-order chi connectivity index (χ1) is 10.1. The Morgan fingerprint density at radius 3 is 2.71 bits per heavy atom. The number of hydrogen-bond acceptors (Lipinski definition) is 4. The molecule has 21 heavy (non-hydrogen) atoms. The highest BCUT2D eigenvalue weighted by atomic mass is 16.5. The molecule has 6 heteroatoms. The molecule has 6 nitrogen and oxygen atoms in total. The number of carbonyl (C=O) groups is 2. The highest BCUT2D eigenvalue weighted by Gasteiger charge is 2.24. The predicted molar refractivity (Wildman–Crippen MR) is 77.3 cm³/mol. The van der Waals surface area contributed by atoms with Gasteiger partial charge in [0.25, 0.3) is 5.91 Å². The van der Waals surface area contributed by atoms with Gasteiger partial charge in [-0.1, -0.05) is 6.07 Å². The van der Waals surface area contributed by atoms with Gasteiger partial charge in [-0.15, -0.1) is 0 Å². The number of piperidine rings is 1. The van der Waals surface area contributed by atoms with E-state index in [0.29, 0.717) is 43.9 Å². The van der Waals surface area contributed by atoms with Crippen LogP contribution in [-0.4, -0.2) is 48.8 Å². The summed E-state index contributed by atoms with van der Waals surface area (Å²) in [5, 5.41) is 11.8. The van der Waals surface area contributed by atoms with Gasteiger partial charge in [0.05, 0.1) is 19.7 Å². The van der Waals surface area contributed by atoms with Crippen molar-refractivity contribution in [2.45, 2.75) is 12.8 Å². The molecule has 114 valence electrons. The molecule has 1 heterocycles. The number of rotatable bonds is 5. The van der Waals surface area contributed by atoms with Crippen molar-refractivity contribution >= 4 is 11.9 Å². The SMILES string of the molecule is COc1cccc(C(=O)NCN2CCC(C(=O)O)CC2)c1. The molecule has 1 saturated heterocycles. The molecule has 0 atom stereocenters. The van der Waals surface area contributed by atoms with Gasteiger partial charge in [0.1, 0.15) is 5.75 Å². The summed E-state index contributed by atoms with van der Waals surface area (Å²) >= 11 is 0. The molecule has 0 aromatic heterocycles. The van der Waals surface area contributed by atoms with Crippen molar-refractivity contribution in [1.29, 1.82) is 0 Å². The quantitative estimate of drug-likeness (QED) is 0.852. The van der Waals surface area contributed by atoms with E-state index in [9.17, 15) is 9.59 Å². The van der Waals surface area contributed by atoms with Crippen LogP contribution in [0.3, 0.4) is 0 Å². The molecule has 0 saturated carbocycles. The maximum absolute atomic E-state index is 12.0. The first-order valence-electron chi connectivity index (χ1n) is 6.97. The number of amides is 1. The van der Waals surface area contributed by atoms with Crippen LogP contribution in [-0.2, 0) is 4.79 Å². The first-order valence-corrected chi connectivity index (χ1v) is 6.97. The van der Waals surface area contributed by atoms with Crippen molar-refractivity contribution in [3.05, 3.63) is 29.8 Å². The number of nitrogens with one attached hydrogen (secondary N) is 1. The summed E-state index contributed by atoms with van der Waals surface area (Å²) in [6.07, 6.45) is 1.26. The lowest BCUT2D eigenvalue weighted by molar-refractivity contribution is -0.143. The number of hydrogen-bond donors (Lipinski definition) is 2. The van der Waals surface area contributed by atoms with E-state index in [1.165, 1.54) is 0 Å². The molecule has 1 fully saturated rings. The van der Waals surface area contributed by atoms with Gasteiger partial charge in [-0.25, -0.2) is 0 Å². The lowest BCUT2D eigenvalue weighted by atomic mass is 9.97. The number of nitrogens with zero attached hydrogens (tertiary/aromatic N) is 1. The number of methoxy groups -OCH3 is 1. The number of likely N-dealkylation sites (tertiary alicyclic amines) is 1. The first kappa shape index (κ1) is 15.3. The molecular formula is C15H20N2O4. The maximum atomic E-state index is 12.0. The van der Waals surface area contributed by atoms with Crippen LogP contribution in [0.15, 0.2) is 24.3 Å². The minimum Gasteiger partial charge on any atom is -0.497 e. The fourth-order valence-electron chi connectivity index (χ4n) is 2.39. The second-order valence-corrected chi connectivity index (χ2v) is 5.13. The third-order valence-electron chi connectivity index (χ3n) is 3.73. The zero-order chi connectivity index (χ0) is 15.2. The lowest BCUT2D eigenvalue weighted by Crippen LogP contribution is -2.43. The van der Waals surface area contributed by atoms with Gasteiger partial charge in [-0.3, -0.25) is 14.5 Å². The van der Waals surface area contributed by atoms with Crippen LogP contribution in [0.25, 0.3) is 0 Å². The molecule has 1 aromatic carbocycles. The lowest BCUT2D eigenvalue weighted by Gasteiger charge is -2.29. The Balaban J connectivity index is 1.80. The molecule has 2 N–H and O–H groups in total. The van der Waals surface area contributed by atoms with Crippen molar-refractivity contribution in [3.63, 3.8) is 0 Å². The van der Waals surface area contributed by atoms with Gasteiger partial charge in [-0.05, 0) is 31.0 Å². The average Bonchev–Trinajstić information content (AvgIpc) is 2.53. The molecule has 0 unspecified atom stereocenters. The van der Waals surface area contributed by atoms with E-state index in [1.54, 1.807) is 31.4 Å². The Labute approximate surface area is 123 Å². The molecule has 1 aromatic rings. The van der Waals surface area contributed by atoms with Crippen molar-refractivity contribution in [2.24, 2.45) is 5.92 Å². The van der Waals surface area contributed by atoms with E-state index in [2.05, 4.69) is 10.2 Å². The van der Waals surface area contributed by atoms with E-state index in [-0.39, 0.29) is 11.8 Å². The number of carboxylic acid groups (broad SMARTS) is 1. The summed E-state index contributed by atoms with van der Waals surface area (Å²) < 4.78 is 5.09. The van der Waals surface area contributed by atoms with Crippen LogP contribution in [0.2, 0.25) is 0 Å². The van der Waals surface area contributed by atoms with Crippen LogP contribution in [0.5, 0.6) is 5.75 Å². The normalized spacial score (nSPS) is 16.4. The maximum Gasteiger partial charge on any atom is 0.306 e. The van der Waals surface area contributed by atoms with Crippen molar-refractivity contribution in [3.8, 4) is 5.75 Å². The molecule has 0 radical (unpaired) electrons. The van der Waals surface area contributed by atoms with Gasteiger partial charge < -0.3 is 15.2 Å². The van der Waals surface area contributed by atoms with E-state index in [0.717, 1.165) is 0 Å². The fraction of sp³-hybridized carbons (Fsp3) is 0.467. The largest absolute Gasteiger partial charge is 0.497 e. The predicted octanol–water partition coefficient (Wildman–Crippen LogP) is 1.18. The molecule has 0 aliphatic carbocycles. The number of aliphatic carboxylic acids is 1. The van der Waals surface area contributed by atoms with Crippen LogP contribution in [0.1, 0.15) is 23.2 Å². The van der Waals surface area contributed by atoms with Crippen LogP contribution >= 0.6 is 0 Å². The summed E-state index contributed by atoms with van der Waals surface area (Å²) in [4.78, 5) is 25.0. The Bertz CT molecular complexity index is 510. The number of carbonyl (C=O) groups excluding carboxylic acids is 1. The van der Waals surface area contributed by atoms with Gasteiger partial charge in [0.15, 0.2) is 0 Å². The van der Waals surface area contributed by atoms with Gasteiger partial charge in [-0.2, -0.15) is 0 Å². The summed E-state index contributed by atoms with van der Waals surface area (Å²) in [5.74, 6) is -0.496. The number of benzene rings is 1. The molecule has 0 bridgehead atoms. The zero-order valence-electron chi connectivity index (χ0n) is 12.0. The molecule has 0 spiro atoms. The smallest absolute Gasteiger partial charge is 0.306 e. The summed E-state index contributed by atoms with van der Waals surface area (Å²) in [5.41, 5.74) is 0.551. The number of ether oxygens (including phenoxy) is 1. The Hall–Kier alpha value is -2.08. The van der Waals surface area contributed by atoms with Gasteiger partial charge in [0.2, 0.25) is 0 Å². The Morgan fingerprint density at radius 2 is 2.10 bits per heavy atom. The van der Waals surface area contributed by atoms with Crippen molar-refractivity contribution in [1.82, 2.24) is 10.2 Å². The standard InChI is InChI=1S/C15H20N2O4/c1-21-13-4-2-3-12(9-13)14(18)16-10-17-7-5-11(6-8-17)15(19)20/h2-4,9,11H,5-8,10H2,1H3,(H,16,18)(H,19,20). The molecule has 1 aliphatic heterocycles. The van der Waals surface area contributed by atoms with E-state index < -0.39 is 5.97 Å².